The van der Waals surface area contributed by atoms with Crippen molar-refractivity contribution in [2.24, 2.45) is 5.41 Å². The second-order valence-corrected chi connectivity index (χ2v) is 5.71. The van der Waals surface area contributed by atoms with Crippen LogP contribution in [0.3, 0.4) is 0 Å². The molecule has 2 atom stereocenters. The van der Waals surface area contributed by atoms with Gasteiger partial charge in [-0.1, -0.05) is 6.42 Å². The van der Waals surface area contributed by atoms with Gasteiger partial charge < -0.3 is 14.5 Å². The van der Waals surface area contributed by atoms with Crippen molar-refractivity contribution in [3.05, 3.63) is 23.7 Å². The summed E-state index contributed by atoms with van der Waals surface area (Å²) in [4.78, 5) is 0. The van der Waals surface area contributed by atoms with Gasteiger partial charge >= 0.3 is 0 Å². The summed E-state index contributed by atoms with van der Waals surface area (Å²) in [5.41, 5.74) is 0.442. The summed E-state index contributed by atoms with van der Waals surface area (Å²) in [6, 6.07) is 4.71. The largest absolute Gasteiger partial charge is 0.465 e. The van der Waals surface area contributed by atoms with Gasteiger partial charge in [0.15, 0.2) is 0 Å². The number of aryl methyl sites for hydroxylation is 1. The van der Waals surface area contributed by atoms with Crippen LogP contribution in [0.2, 0.25) is 0 Å². The molecule has 100 valence electrons. The summed E-state index contributed by atoms with van der Waals surface area (Å²) >= 11 is 0. The van der Waals surface area contributed by atoms with E-state index >= 15 is 0 Å². The molecule has 2 fully saturated rings. The average molecular weight is 249 g/mol. The Hall–Kier alpha value is -0.800. The lowest BCUT2D eigenvalue weighted by atomic mass is 9.51. The van der Waals surface area contributed by atoms with Crippen molar-refractivity contribution in [3.8, 4) is 0 Å². The quantitative estimate of drug-likeness (QED) is 0.871. The summed E-state index contributed by atoms with van der Waals surface area (Å²) in [6.07, 6.45) is 5.67. The summed E-state index contributed by atoms with van der Waals surface area (Å²) in [5.74, 6) is 2.03. The summed E-state index contributed by atoms with van der Waals surface area (Å²) in [7, 11) is 0. The third-order valence-corrected chi connectivity index (χ3v) is 4.76. The van der Waals surface area contributed by atoms with Gasteiger partial charge in [-0.25, -0.2) is 0 Å². The van der Waals surface area contributed by atoms with Gasteiger partial charge in [0, 0.05) is 18.1 Å². The molecule has 3 heteroatoms. The molecule has 0 radical (unpaired) electrons. The first kappa shape index (κ1) is 12.2. The topological polar surface area (TPSA) is 34.4 Å². The standard InChI is InChI=1S/C15H23NO2/c1-3-17-14-9-13(15(14)7-4-8-15)16-10-12-6-5-11(2)18-12/h5-6,13-14,16H,3-4,7-10H2,1-2H3. The Labute approximate surface area is 109 Å². The third-order valence-electron chi connectivity index (χ3n) is 4.76. The van der Waals surface area contributed by atoms with Gasteiger partial charge in [0.1, 0.15) is 11.5 Å². The van der Waals surface area contributed by atoms with E-state index in [0.29, 0.717) is 17.6 Å². The smallest absolute Gasteiger partial charge is 0.117 e. The van der Waals surface area contributed by atoms with Crippen LogP contribution in [0.5, 0.6) is 0 Å². The summed E-state index contributed by atoms with van der Waals surface area (Å²) in [6.45, 7) is 5.78. The molecule has 1 aromatic heterocycles. The molecule has 1 spiro atoms. The number of hydrogen-bond donors (Lipinski definition) is 1. The fourth-order valence-electron chi connectivity index (χ4n) is 3.53. The lowest BCUT2D eigenvalue weighted by molar-refractivity contribution is -0.173. The van der Waals surface area contributed by atoms with Crippen molar-refractivity contribution in [2.75, 3.05) is 6.61 Å². The van der Waals surface area contributed by atoms with Gasteiger partial charge in [-0.3, -0.25) is 0 Å². The number of hydrogen-bond acceptors (Lipinski definition) is 3. The molecule has 18 heavy (non-hydrogen) atoms. The van der Waals surface area contributed by atoms with Crippen molar-refractivity contribution in [3.63, 3.8) is 0 Å². The van der Waals surface area contributed by atoms with Crippen molar-refractivity contribution in [1.29, 1.82) is 0 Å². The normalized spacial score (nSPS) is 29.0. The Bertz CT molecular complexity index is 408. The maximum absolute atomic E-state index is 5.86. The van der Waals surface area contributed by atoms with Crippen LogP contribution in [0.25, 0.3) is 0 Å². The van der Waals surface area contributed by atoms with E-state index in [9.17, 15) is 0 Å². The molecular formula is C15H23NO2. The van der Waals surface area contributed by atoms with E-state index in [1.165, 1.54) is 19.3 Å². The zero-order chi connectivity index (χ0) is 12.6. The molecule has 0 bridgehead atoms. The van der Waals surface area contributed by atoms with Gasteiger partial charge in [0.2, 0.25) is 0 Å². The van der Waals surface area contributed by atoms with E-state index in [2.05, 4.69) is 18.3 Å². The van der Waals surface area contributed by atoms with Crippen molar-refractivity contribution in [1.82, 2.24) is 5.32 Å². The summed E-state index contributed by atoms with van der Waals surface area (Å²) < 4.78 is 11.5. The van der Waals surface area contributed by atoms with Gasteiger partial charge in [-0.15, -0.1) is 0 Å². The van der Waals surface area contributed by atoms with E-state index in [0.717, 1.165) is 31.1 Å². The van der Waals surface area contributed by atoms with Gasteiger partial charge in [0.25, 0.3) is 0 Å². The van der Waals surface area contributed by atoms with E-state index in [1.807, 2.05) is 13.0 Å². The SMILES string of the molecule is CCOC1CC(NCc2ccc(C)o2)C12CCC2. The van der Waals surface area contributed by atoms with Crippen molar-refractivity contribution < 1.29 is 9.15 Å². The summed E-state index contributed by atoms with van der Waals surface area (Å²) in [5, 5.41) is 3.66. The molecule has 1 N–H and O–H groups in total. The highest BCUT2D eigenvalue weighted by Crippen LogP contribution is 2.57. The monoisotopic (exact) mass is 249 g/mol. The Morgan fingerprint density at radius 3 is 2.83 bits per heavy atom. The molecule has 0 saturated heterocycles. The van der Waals surface area contributed by atoms with Crippen LogP contribution in [0.4, 0.5) is 0 Å². The van der Waals surface area contributed by atoms with Crippen LogP contribution in [-0.4, -0.2) is 18.8 Å². The zero-order valence-electron chi connectivity index (χ0n) is 11.4. The van der Waals surface area contributed by atoms with Crippen LogP contribution < -0.4 is 5.32 Å². The number of furan rings is 1. The Morgan fingerprint density at radius 2 is 2.28 bits per heavy atom. The molecule has 1 aromatic rings. The number of ether oxygens (including phenoxy) is 1. The van der Waals surface area contributed by atoms with Crippen molar-refractivity contribution in [2.45, 2.75) is 58.2 Å². The van der Waals surface area contributed by atoms with E-state index in [-0.39, 0.29) is 0 Å². The maximum atomic E-state index is 5.86. The number of rotatable bonds is 5. The second-order valence-electron chi connectivity index (χ2n) is 5.71. The molecule has 2 aliphatic carbocycles. The highest BCUT2D eigenvalue weighted by Gasteiger charge is 2.58. The van der Waals surface area contributed by atoms with Crippen LogP contribution >= 0.6 is 0 Å². The van der Waals surface area contributed by atoms with Crippen LogP contribution in [0.15, 0.2) is 16.5 Å². The van der Waals surface area contributed by atoms with Crippen LogP contribution in [-0.2, 0) is 11.3 Å². The second kappa shape index (κ2) is 4.71. The average Bonchev–Trinajstić information content (AvgIpc) is 2.66. The van der Waals surface area contributed by atoms with Gasteiger partial charge in [-0.2, -0.15) is 0 Å². The molecule has 2 aliphatic rings. The molecule has 1 heterocycles. The lowest BCUT2D eigenvalue weighted by Gasteiger charge is -2.61. The van der Waals surface area contributed by atoms with Crippen molar-refractivity contribution >= 4 is 0 Å². The zero-order valence-corrected chi connectivity index (χ0v) is 11.4. The first-order chi connectivity index (χ1) is 8.74. The molecule has 2 unspecified atom stereocenters. The minimum atomic E-state index is 0.442. The van der Waals surface area contributed by atoms with E-state index in [4.69, 9.17) is 9.15 Å². The molecule has 2 saturated carbocycles. The molecule has 3 nitrogen and oxygen atoms in total. The van der Waals surface area contributed by atoms with Gasteiger partial charge in [0.05, 0.1) is 12.6 Å². The first-order valence-corrected chi connectivity index (χ1v) is 7.15. The fourth-order valence-corrected chi connectivity index (χ4v) is 3.53. The molecule has 0 aliphatic heterocycles. The fraction of sp³-hybridized carbons (Fsp3) is 0.733. The highest BCUT2D eigenvalue weighted by molar-refractivity contribution is 5.13. The molecule has 3 rings (SSSR count). The highest BCUT2D eigenvalue weighted by atomic mass is 16.5. The predicted molar refractivity (Wildman–Crippen MR) is 70.4 cm³/mol. The van der Waals surface area contributed by atoms with Gasteiger partial charge in [-0.05, 0) is 45.2 Å². The Kier molecular flexibility index (Phi) is 3.20. The Morgan fingerprint density at radius 1 is 1.44 bits per heavy atom. The van der Waals surface area contributed by atoms with Crippen LogP contribution in [0, 0.1) is 12.3 Å². The first-order valence-electron chi connectivity index (χ1n) is 7.15. The minimum absolute atomic E-state index is 0.442. The number of nitrogens with one attached hydrogen (secondary N) is 1. The van der Waals surface area contributed by atoms with Crippen LogP contribution in [0.1, 0.15) is 44.1 Å². The van der Waals surface area contributed by atoms with E-state index in [1.54, 1.807) is 0 Å². The van der Waals surface area contributed by atoms with E-state index < -0.39 is 0 Å². The third kappa shape index (κ3) is 1.90. The minimum Gasteiger partial charge on any atom is -0.465 e. The molecule has 0 amide bonds. The lowest BCUT2D eigenvalue weighted by Crippen LogP contribution is -2.66. The molecule has 0 aromatic carbocycles. The predicted octanol–water partition coefficient (Wildman–Crippen LogP) is 3.03. The maximum Gasteiger partial charge on any atom is 0.117 e. The molecular weight excluding hydrogens is 226 g/mol. The Balaban J connectivity index is 1.55.